The molecule has 7 heteroatoms. The van der Waals surface area contributed by atoms with Crippen LogP contribution in [0.15, 0.2) is 12.3 Å². The van der Waals surface area contributed by atoms with E-state index in [-0.39, 0.29) is 24.3 Å². The van der Waals surface area contributed by atoms with Crippen molar-refractivity contribution in [3.8, 4) is 0 Å². The highest BCUT2D eigenvalue weighted by Gasteiger charge is 2.15. The number of pyridine rings is 1. The van der Waals surface area contributed by atoms with E-state index >= 15 is 0 Å². The summed E-state index contributed by atoms with van der Waals surface area (Å²) in [4.78, 5) is 25.9. The molecule has 18 heavy (non-hydrogen) atoms. The van der Waals surface area contributed by atoms with Gasteiger partial charge in [-0.05, 0) is 13.0 Å². The third-order valence-electron chi connectivity index (χ3n) is 2.14. The molecule has 0 saturated heterocycles. The lowest BCUT2D eigenvalue weighted by molar-refractivity contribution is -0.117. The van der Waals surface area contributed by atoms with Gasteiger partial charge in [0.05, 0.1) is 5.56 Å². The van der Waals surface area contributed by atoms with Gasteiger partial charge in [-0.2, -0.15) is 0 Å². The maximum atomic E-state index is 13.8. The second kappa shape index (κ2) is 6.53. The van der Waals surface area contributed by atoms with Gasteiger partial charge in [-0.1, -0.05) is 0 Å². The quantitative estimate of drug-likeness (QED) is 0.678. The summed E-state index contributed by atoms with van der Waals surface area (Å²) in [5.74, 6) is -1.81. The van der Waals surface area contributed by atoms with E-state index in [1.807, 2.05) is 0 Å². The highest BCUT2D eigenvalue weighted by atomic mass is 19.1. The van der Waals surface area contributed by atoms with Gasteiger partial charge in [0.25, 0.3) is 5.91 Å². The number of hydrogen-bond donors (Lipinski definition) is 3. The van der Waals surface area contributed by atoms with Crippen molar-refractivity contribution in [3.63, 3.8) is 0 Å². The fraction of sp³-hybridized carbons (Fsp3) is 0.364. The van der Waals surface area contributed by atoms with Crippen LogP contribution in [0, 0.1) is 5.82 Å². The fourth-order valence-electron chi connectivity index (χ4n) is 1.30. The Morgan fingerprint density at radius 2 is 2.22 bits per heavy atom. The van der Waals surface area contributed by atoms with Crippen LogP contribution in [0.4, 0.5) is 10.2 Å². The van der Waals surface area contributed by atoms with E-state index in [1.54, 1.807) is 6.92 Å². The van der Waals surface area contributed by atoms with Crippen molar-refractivity contribution in [2.45, 2.75) is 13.3 Å². The fourth-order valence-corrected chi connectivity index (χ4v) is 1.30. The zero-order valence-corrected chi connectivity index (χ0v) is 10.00. The summed E-state index contributed by atoms with van der Waals surface area (Å²) in [6, 6.07) is 1.27. The molecule has 6 nitrogen and oxygen atoms in total. The Balaban J connectivity index is 2.73. The summed E-state index contributed by atoms with van der Waals surface area (Å²) in [5, 5.41) is 5.11. The molecule has 0 atom stereocenters. The minimum absolute atomic E-state index is 0.0124. The Bertz CT molecular complexity index is 451. The van der Waals surface area contributed by atoms with Gasteiger partial charge >= 0.3 is 0 Å². The molecule has 98 valence electrons. The maximum absolute atomic E-state index is 13.8. The predicted octanol–water partition coefficient (Wildman–Crippen LogP) is 0.258. The number of nitrogens with one attached hydrogen (secondary N) is 2. The average molecular weight is 254 g/mol. The predicted molar refractivity (Wildman–Crippen MR) is 64.5 cm³/mol. The monoisotopic (exact) mass is 254 g/mol. The standard InChI is InChI=1S/C11H15FN4O2/c1-2-14-10-9(12)7(3-5-15-10)11(18)16-6-4-8(13)17/h3,5H,2,4,6H2,1H3,(H2,13,17)(H,14,15)(H,16,18). The molecule has 1 aromatic heterocycles. The minimum atomic E-state index is -0.712. The molecular formula is C11H15FN4O2. The number of primary amides is 1. The molecular weight excluding hydrogens is 239 g/mol. The van der Waals surface area contributed by atoms with Crippen molar-refractivity contribution in [1.82, 2.24) is 10.3 Å². The molecule has 4 N–H and O–H groups in total. The lowest BCUT2D eigenvalue weighted by Gasteiger charge is -2.08. The summed E-state index contributed by atoms with van der Waals surface area (Å²) >= 11 is 0. The topological polar surface area (TPSA) is 97.1 Å². The van der Waals surface area contributed by atoms with Crippen molar-refractivity contribution in [2.75, 3.05) is 18.4 Å². The lowest BCUT2D eigenvalue weighted by atomic mass is 10.2. The summed E-state index contributed by atoms with van der Waals surface area (Å²) in [6.45, 7) is 2.36. The van der Waals surface area contributed by atoms with E-state index in [1.165, 1.54) is 12.3 Å². The van der Waals surface area contributed by atoms with Crippen LogP contribution in [0.1, 0.15) is 23.7 Å². The number of rotatable bonds is 6. The molecule has 0 fully saturated rings. The van der Waals surface area contributed by atoms with Crippen molar-refractivity contribution in [2.24, 2.45) is 5.73 Å². The van der Waals surface area contributed by atoms with Crippen LogP contribution in [0.5, 0.6) is 0 Å². The normalized spacial score (nSPS) is 9.89. The number of nitrogens with zero attached hydrogens (tertiary/aromatic N) is 1. The van der Waals surface area contributed by atoms with Gasteiger partial charge < -0.3 is 16.4 Å². The van der Waals surface area contributed by atoms with E-state index in [9.17, 15) is 14.0 Å². The first-order valence-electron chi connectivity index (χ1n) is 5.51. The van der Waals surface area contributed by atoms with Gasteiger partial charge in [0.15, 0.2) is 11.6 Å². The number of carbonyl (C=O) groups is 2. The van der Waals surface area contributed by atoms with Gasteiger partial charge in [-0.3, -0.25) is 9.59 Å². The summed E-state index contributed by atoms with van der Waals surface area (Å²) in [5.41, 5.74) is 4.81. The number of halogens is 1. The molecule has 0 aliphatic heterocycles. The van der Waals surface area contributed by atoms with E-state index in [0.29, 0.717) is 6.54 Å². The lowest BCUT2D eigenvalue weighted by Crippen LogP contribution is -2.28. The minimum Gasteiger partial charge on any atom is -0.370 e. The molecule has 0 bridgehead atoms. The number of hydrogen-bond acceptors (Lipinski definition) is 4. The Labute approximate surface area is 104 Å². The summed E-state index contributed by atoms with van der Waals surface area (Å²) < 4.78 is 13.8. The number of aromatic nitrogens is 1. The Kier molecular flexibility index (Phi) is 5.04. The molecule has 0 aliphatic rings. The van der Waals surface area contributed by atoms with Crippen molar-refractivity contribution >= 4 is 17.6 Å². The highest BCUT2D eigenvalue weighted by molar-refractivity contribution is 5.95. The SMILES string of the molecule is CCNc1nccc(C(=O)NCCC(N)=O)c1F. The van der Waals surface area contributed by atoms with E-state index in [0.717, 1.165) is 0 Å². The van der Waals surface area contributed by atoms with Gasteiger partial charge in [-0.15, -0.1) is 0 Å². The second-order valence-electron chi connectivity index (χ2n) is 3.52. The van der Waals surface area contributed by atoms with Crippen LogP contribution in [0.3, 0.4) is 0 Å². The largest absolute Gasteiger partial charge is 0.370 e. The number of nitrogens with two attached hydrogens (primary N) is 1. The molecule has 0 aromatic carbocycles. The van der Waals surface area contributed by atoms with Gasteiger partial charge in [0, 0.05) is 25.7 Å². The smallest absolute Gasteiger partial charge is 0.254 e. The summed E-state index contributed by atoms with van der Waals surface area (Å²) in [7, 11) is 0. The first-order chi connectivity index (χ1) is 8.56. The first kappa shape index (κ1) is 13.9. The third kappa shape index (κ3) is 3.69. The van der Waals surface area contributed by atoms with Crippen LogP contribution in [0.25, 0.3) is 0 Å². The molecule has 0 spiro atoms. The van der Waals surface area contributed by atoms with Crippen molar-refractivity contribution in [3.05, 3.63) is 23.6 Å². The zero-order valence-electron chi connectivity index (χ0n) is 10.00. The van der Waals surface area contributed by atoms with Crippen LogP contribution in [0.2, 0.25) is 0 Å². The Morgan fingerprint density at radius 3 is 2.83 bits per heavy atom. The number of amides is 2. The third-order valence-corrected chi connectivity index (χ3v) is 2.14. The second-order valence-corrected chi connectivity index (χ2v) is 3.52. The maximum Gasteiger partial charge on any atom is 0.254 e. The van der Waals surface area contributed by atoms with Crippen LogP contribution in [-0.2, 0) is 4.79 Å². The molecule has 1 rings (SSSR count). The zero-order chi connectivity index (χ0) is 13.5. The molecule has 1 aromatic rings. The van der Waals surface area contributed by atoms with Gasteiger partial charge in [0.2, 0.25) is 5.91 Å². The molecule has 2 amide bonds. The average Bonchev–Trinajstić information content (AvgIpc) is 2.31. The Morgan fingerprint density at radius 1 is 1.50 bits per heavy atom. The number of anilines is 1. The van der Waals surface area contributed by atoms with Crippen molar-refractivity contribution < 1.29 is 14.0 Å². The van der Waals surface area contributed by atoms with Crippen LogP contribution >= 0.6 is 0 Å². The summed E-state index contributed by atoms with van der Waals surface area (Å²) in [6.07, 6.45) is 1.35. The molecule has 0 aliphatic carbocycles. The molecule has 1 heterocycles. The van der Waals surface area contributed by atoms with Crippen LogP contribution in [-0.4, -0.2) is 29.9 Å². The van der Waals surface area contributed by atoms with E-state index in [4.69, 9.17) is 5.73 Å². The molecule has 0 saturated carbocycles. The van der Waals surface area contributed by atoms with Gasteiger partial charge in [-0.25, -0.2) is 9.37 Å². The first-order valence-corrected chi connectivity index (χ1v) is 5.51. The van der Waals surface area contributed by atoms with Crippen LogP contribution < -0.4 is 16.4 Å². The van der Waals surface area contributed by atoms with E-state index in [2.05, 4.69) is 15.6 Å². The molecule has 0 radical (unpaired) electrons. The molecule has 0 unspecified atom stereocenters. The highest BCUT2D eigenvalue weighted by Crippen LogP contribution is 2.14. The van der Waals surface area contributed by atoms with E-state index < -0.39 is 17.6 Å². The number of carbonyl (C=O) groups excluding carboxylic acids is 2. The Hall–Kier alpha value is -2.18. The van der Waals surface area contributed by atoms with Crippen molar-refractivity contribution in [1.29, 1.82) is 0 Å². The van der Waals surface area contributed by atoms with Gasteiger partial charge in [0.1, 0.15) is 0 Å².